The monoisotopic (exact) mass is 495 g/mol. The maximum atomic E-state index is 13.6. The van der Waals surface area contributed by atoms with Crippen molar-refractivity contribution in [2.45, 2.75) is 30.8 Å². The molecule has 0 aliphatic heterocycles. The van der Waals surface area contributed by atoms with Crippen LogP contribution in [-0.4, -0.2) is 25.1 Å². The van der Waals surface area contributed by atoms with Crippen LogP contribution in [0.4, 0.5) is 5.69 Å². The molecule has 3 aromatic carbocycles. The first kappa shape index (κ1) is 23.6. The molecule has 0 saturated carbocycles. The van der Waals surface area contributed by atoms with Gasteiger partial charge in [-0.15, -0.1) is 16.8 Å². The largest absolute Gasteiger partial charge is 0.325 e. The normalized spacial score (nSPS) is 12.1. The number of aryl methyl sites for hydroxylation is 2. The molecule has 5 rings (SSSR count). The SMILES string of the molecule is C=CCn1c(=O)c2ccccc2n2c(S[C@H](C(=O)Nc3cc(C)cc(C)c3)c3ccccc3)nnc12. The molecule has 2 aromatic heterocycles. The number of benzene rings is 3. The lowest BCUT2D eigenvalue weighted by Gasteiger charge is -2.17. The second-order valence-electron chi connectivity index (χ2n) is 8.61. The number of rotatable bonds is 7. The fourth-order valence-electron chi connectivity index (χ4n) is 4.36. The van der Waals surface area contributed by atoms with Gasteiger partial charge >= 0.3 is 0 Å². The summed E-state index contributed by atoms with van der Waals surface area (Å²) in [7, 11) is 0. The van der Waals surface area contributed by atoms with E-state index in [4.69, 9.17) is 0 Å². The smallest absolute Gasteiger partial charge is 0.263 e. The van der Waals surface area contributed by atoms with Gasteiger partial charge in [-0.2, -0.15) is 0 Å². The van der Waals surface area contributed by atoms with E-state index in [9.17, 15) is 9.59 Å². The molecule has 0 saturated heterocycles. The van der Waals surface area contributed by atoms with E-state index in [-0.39, 0.29) is 11.5 Å². The molecule has 0 bridgehead atoms. The minimum atomic E-state index is -0.599. The maximum absolute atomic E-state index is 13.6. The molecule has 0 unspecified atom stereocenters. The Bertz CT molecular complexity index is 1640. The molecule has 0 radical (unpaired) electrons. The van der Waals surface area contributed by atoms with Crippen molar-refractivity contribution in [2.75, 3.05) is 5.32 Å². The number of carbonyl (C=O) groups is 1. The van der Waals surface area contributed by atoms with Crippen molar-refractivity contribution >= 4 is 40.0 Å². The Balaban J connectivity index is 1.62. The van der Waals surface area contributed by atoms with E-state index in [1.807, 2.05) is 78.9 Å². The molecule has 5 aromatic rings. The van der Waals surface area contributed by atoms with E-state index in [1.165, 1.54) is 11.8 Å². The highest BCUT2D eigenvalue weighted by Crippen LogP contribution is 2.36. The van der Waals surface area contributed by atoms with Crippen LogP contribution in [0.25, 0.3) is 16.7 Å². The van der Waals surface area contributed by atoms with Crippen LogP contribution in [-0.2, 0) is 11.3 Å². The van der Waals surface area contributed by atoms with E-state index >= 15 is 0 Å². The Labute approximate surface area is 212 Å². The molecule has 8 heteroatoms. The van der Waals surface area contributed by atoms with E-state index < -0.39 is 5.25 Å². The molecule has 7 nitrogen and oxygen atoms in total. The van der Waals surface area contributed by atoms with Crippen LogP contribution in [0.3, 0.4) is 0 Å². The van der Waals surface area contributed by atoms with Crippen LogP contribution in [0.15, 0.2) is 95.4 Å². The first-order valence-electron chi connectivity index (χ1n) is 11.5. The number of aromatic nitrogens is 4. The number of thioether (sulfide) groups is 1. The molecule has 1 N–H and O–H groups in total. The lowest BCUT2D eigenvalue weighted by molar-refractivity contribution is -0.115. The van der Waals surface area contributed by atoms with Crippen molar-refractivity contribution in [3.05, 3.63) is 112 Å². The minimum Gasteiger partial charge on any atom is -0.325 e. The summed E-state index contributed by atoms with van der Waals surface area (Å²) in [5, 5.41) is 12.3. The molecule has 0 fully saturated rings. The van der Waals surface area contributed by atoms with Gasteiger partial charge in [0.15, 0.2) is 5.16 Å². The molecule has 0 spiro atoms. The van der Waals surface area contributed by atoms with Crippen molar-refractivity contribution in [3.8, 4) is 0 Å². The number of amides is 1. The quantitative estimate of drug-likeness (QED) is 0.244. The van der Waals surface area contributed by atoms with E-state index in [0.717, 1.165) is 22.4 Å². The van der Waals surface area contributed by atoms with Gasteiger partial charge in [-0.25, -0.2) is 0 Å². The molecule has 180 valence electrons. The van der Waals surface area contributed by atoms with Gasteiger partial charge < -0.3 is 5.32 Å². The molecule has 1 amide bonds. The predicted molar refractivity (Wildman–Crippen MR) is 145 cm³/mol. The summed E-state index contributed by atoms with van der Waals surface area (Å²) < 4.78 is 3.38. The number of nitrogens with zero attached hydrogens (tertiary/aromatic N) is 4. The zero-order valence-corrected chi connectivity index (χ0v) is 20.8. The van der Waals surface area contributed by atoms with Gasteiger partial charge in [-0.3, -0.25) is 18.6 Å². The third-order valence-electron chi connectivity index (χ3n) is 5.84. The number of hydrogen-bond acceptors (Lipinski definition) is 5. The fourth-order valence-corrected chi connectivity index (χ4v) is 5.41. The second kappa shape index (κ2) is 9.83. The molecule has 36 heavy (non-hydrogen) atoms. The molecular weight excluding hydrogens is 470 g/mol. The zero-order valence-electron chi connectivity index (χ0n) is 20.0. The average Bonchev–Trinajstić information content (AvgIpc) is 3.28. The van der Waals surface area contributed by atoms with Crippen molar-refractivity contribution < 1.29 is 4.79 Å². The standard InChI is InChI=1S/C28H25N5O2S/c1-4-14-32-26(35)22-12-8-9-13-23(22)33-27(32)30-31-28(33)36-24(20-10-6-5-7-11-20)25(34)29-21-16-18(2)15-19(3)17-21/h4-13,15-17,24H,1,14H2,2-3H3,(H,29,34)/t24-/m0/s1. The maximum Gasteiger partial charge on any atom is 0.263 e. The minimum absolute atomic E-state index is 0.158. The summed E-state index contributed by atoms with van der Waals surface area (Å²) in [5.41, 5.74) is 4.26. The van der Waals surface area contributed by atoms with Crippen LogP contribution in [0.5, 0.6) is 0 Å². The molecule has 1 atom stereocenters. The summed E-state index contributed by atoms with van der Waals surface area (Å²) in [4.78, 5) is 26.7. The molecule has 2 heterocycles. The zero-order chi connectivity index (χ0) is 25.2. The van der Waals surface area contributed by atoms with Crippen molar-refractivity contribution in [1.82, 2.24) is 19.2 Å². The van der Waals surface area contributed by atoms with Crippen molar-refractivity contribution in [3.63, 3.8) is 0 Å². The number of carbonyl (C=O) groups excluding carboxylic acids is 1. The van der Waals surface area contributed by atoms with Crippen LogP contribution < -0.4 is 10.9 Å². The van der Waals surface area contributed by atoms with Crippen LogP contribution >= 0.6 is 11.8 Å². The Hall–Kier alpha value is -4.17. The molecular formula is C28H25N5O2S. The fraction of sp³-hybridized carbons (Fsp3) is 0.143. The third-order valence-corrected chi connectivity index (χ3v) is 7.04. The van der Waals surface area contributed by atoms with Gasteiger partial charge in [0.25, 0.3) is 5.56 Å². The van der Waals surface area contributed by atoms with Gasteiger partial charge in [0.05, 0.1) is 10.9 Å². The number of allylic oxidation sites excluding steroid dienone is 1. The topological polar surface area (TPSA) is 81.3 Å². The van der Waals surface area contributed by atoms with E-state index in [1.54, 1.807) is 16.7 Å². The van der Waals surface area contributed by atoms with Crippen LogP contribution in [0.1, 0.15) is 21.9 Å². The second-order valence-corrected chi connectivity index (χ2v) is 9.69. The predicted octanol–water partition coefficient (Wildman–Crippen LogP) is 5.32. The Morgan fingerprint density at radius 2 is 1.72 bits per heavy atom. The number of fused-ring (bicyclic) bond motifs is 3. The highest BCUT2D eigenvalue weighted by Gasteiger charge is 2.26. The summed E-state index contributed by atoms with van der Waals surface area (Å²) in [6.45, 7) is 8.08. The van der Waals surface area contributed by atoms with Gasteiger partial charge in [0.1, 0.15) is 5.25 Å². The van der Waals surface area contributed by atoms with Gasteiger partial charge in [-0.05, 0) is 54.8 Å². The van der Waals surface area contributed by atoms with Gasteiger partial charge in [0, 0.05) is 12.2 Å². The first-order chi connectivity index (χ1) is 17.5. The highest BCUT2D eigenvalue weighted by molar-refractivity contribution is 8.00. The molecule has 0 aliphatic carbocycles. The van der Waals surface area contributed by atoms with Crippen LogP contribution in [0, 0.1) is 13.8 Å². The number of anilines is 1. The Morgan fingerprint density at radius 3 is 2.44 bits per heavy atom. The Morgan fingerprint density at radius 1 is 1.03 bits per heavy atom. The van der Waals surface area contributed by atoms with Gasteiger partial charge in [-0.1, -0.05) is 66.4 Å². The van der Waals surface area contributed by atoms with Crippen molar-refractivity contribution in [2.24, 2.45) is 0 Å². The van der Waals surface area contributed by atoms with E-state index in [0.29, 0.717) is 28.4 Å². The van der Waals surface area contributed by atoms with E-state index in [2.05, 4.69) is 28.2 Å². The number of nitrogens with one attached hydrogen (secondary N) is 1. The number of para-hydroxylation sites is 1. The summed E-state index contributed by atoms with van der Waals surface area (Å²) >= 11 is 1.30. The third kappa shape index (κ3) is 4.43. The average molecular weight is 496 g/mol. The highest BCUT2D eigenvalue weighted by atomic mass is 32.2. The summed E-state index contributed by atoms with van der Waals surface area (Å²) in [5.74, 6) is 0.235. The van der Waals surface area contributed by atoms with Gasteiger partial charge in [0.2, 0.25) is 11.7 Å². The lowest BCUT2D eigenvalue weighted by atomic mass is 10.1. The van der Waals surface area contributed by atoms with Crippen molar-refractivity contribution in [1.29, 1.82) is 0 Å². The van der Waals surface area contributed by atoms with Crippen LogP contribution in [0.2, 0.25) is 0 Å². The summed E-state index contributed by atoms with van der Waals surface area (Å²) in [6, 6.07) is 22.9. The lowest BCUT2D eigenvalue weighted by Crippen LogP contribution is -2.23. The molecule has 0 aliphatic rings. The Kier molecular flexibility index (Phi) is 6.43. The number of hydrogen-bond donors (Lipinski definition) is 1. The first-order valence-corrected chi connectivity index (χ1v) is 12.4. The summed E-state index contributed by atoms with van der Waals surface area (Å²) in [6.07, 6.45) is 1.65.